The maximum atomic E-state index is 11.8. The van der Waals surface area contributed by atoms with E-state index in [2.05, 4.69) is 10.6 Å². The fourth-order valence-electron chi connectivity index (χ4n) is 2.16. The highest BCUT2D eigenvalue weighted by Crippen LogP contribution is 2.19. The quantitative estimate of drug-likeness (QED) is 0.802. The van der Waals surface area contributed by atoms with Crippen LogP contribution < -0.4 is 15.4 Å². The lowest BCUT2D eigenvalue weighted by atomic mass is 10.2. The van der Waals surface area contributed by atoms with Crippen LogP contribution in [0.3, 0.4) is 0 Å². The van der Waals surface area contributed by atoms with Gasteiger partial charge in [-0.3, -0.25) is 4.79 Å². The normalized spacial score (nSPS) is 13.4. The number of rotatable bonds is 7. The van der Waals surface area contributed by atoms with E-state index in [-0.39, 0.29) is 11.9 Å². The van der Waals surface area contributed by atoms with Crippen molar-refractivity contribution in [3.05, 3.63) is 29.8 Å². The van der Waals surface area contributed by atoms with Crippen molar-refractivity contribution in [3.8, 4) is 5.75 Å². The largest absolute Gasteiger partial charge is 0.496 e. The zero-order valence-electron chi connectivity index (χ0n) is 13.1. The number of methoxy groups -OCH3 is 1. The predicted octanol–water partition coefficient (Wildman–Crippen LogP) is 1.51. The Kier molecular flexibility index (Phi) is 5.63. The number of amides is 3. The summed E-state index contributed by atoms with van der Waals surface area (Å²) in [5.74, 6) is 0.725. The van der Waals surface area contributed by atoms with Crippen LogP contribution in [0.4, 0.5) is 4.79 Å². The minimum Gasteiger partial charge on any atom is -0.496 e. The lowest BCUT2D eigenvalue weighted by molar-refractivity contribution is -0.129. The number of nitrogens with one attached hydrogen (secondary N) is 2. The molecule has 6 nitrogen and oxygen atoms in total. The molecule has 0 aliphatic heterocycles. The van der Waals surface area contributed by atoms with Gasteiger partial charge < -0.3 is 20.3 Å². The van der Waals surface area contributed by atoms with Gasteiger partial charge >= 0.3 is 6.03 Å². The molecular formula is C16H23N3O3. The smallest absolute Gasteiger partial charge is 0.315 e. The molecule has 1 fully saturated rings. The summed E-state index contributed by atoms with van der Waals surface area (Å²) in [6.45, 7) is 2.88. The molecule has 0 unspecified atom stereocenters. The van der Waals surface area contributed by atoms with Crippen molar-refractivity contribution in [3.63, 3.8) is 0 Å². The molecule has 1 aliphatic carbocycles. The first-order valence-corrected chi connectivity index (χ1v) is 7.52. The van der Waals surface area contributed by atoms with Gasteiger partial charge in [0.1, 0.15) is 5.75 Å². The van der Waals surface area contributed by atoms with Crippen LogP contribution in [-0.2, 0) is 11.3 Å². The van der Waals surface area contributed by atoms with E-state index in [9.17, 15) is 9.59 Å². The summed E-state index contributed by atoms with van der Waals surface area (Å²) in [4.78, 5) is 25.0. The number of ether oxygens (including phenoxy) is 1. The monoisotopic (exact) mass is 305 g/mol. The number of carbonyl (C=O) groups excluding carboxylic acids is 2. The summed E-state index contributed by atoms with van der Waals surface area (Å²) in [6.07, 6.45) is 2.11. The van der Waals surface area contributed by atoms with Gasteiger partial charge in [0.2, 0.25) is 5.91 Å². The van der Waals surface area contributed by atoms with Crippen LogP contribution in [0.5, 0.6) is 5.75 Å². The Hall–Kier alpha value is -2.24. The number of para-hydroxylation sites is 1. The number of hydrogen-bond donors (Lipinski definition) is 2. The lowest BCUT2D eigenvalue weighted by Gasteiger charge is -2.22. The van der Waals surface area contributed by atoms with Gasteiger partial charge in [-0.05, 0) is 18.9 Å². The van der Waals surface area contributed by atoms with E-state index in [4.69, 9.17) is 4.74 Å². The average molecular weight is 305 g/mol. The number of carbonyl (C=O) groups is 2. The van der Waals surface area contributed by atoms with Gasteiger partial charge in [0.05, 0.1) is 7.11 Å². The van der Waals surface area contributed by atoms with Gasteiger partial charge in [0.15, 0.2) is 0 Å². The van der Waals surface area contributed by atoms with Crippen molar-refractivity contribution in [1.29, 1.82) is 0 Å². The van der Waals surface area contributed by atoms with E-state index in [1.165, 1.54) is 6.92 Å². The summed E-state index contributed by atoms with van der Waals surface area (Å²) in [6, 6.07) is 7.78. The van der Waals surface area contributed by atoms with Crippen LogP contribution in [0.1, 0.15) is 25.3 Å². The van der Waals surface area contributed by atoms with Crippen molar-refractivity contribution >= 4 is 11.9 Å². The Balaban J connectivity index is 1.83. The summed E-state index contributed by atoms with van der Waals surface area (Å²) in [5, 5.41) is 5.63. The second kappa shape index (κ2) is 7.68. The molecule has 6 heteroatoms. The molecule has 1 aliphatic rings. The van der Waals surface area contributed by atoms with E-state index in [0.29, 0.717) is 25.7 Å². The van der Waals surface area contributed by atoms with Gasteiger partial charge in [0, 0.05) is 38.2 Å². The number of benzene rings is 1. The zero-order chi connectivity index (χ0) is 15.9. The Labute approximate surface area is 130 Å². The molecule has 1 aromatic carbocycles. The Morgan fingerprint density at radius 2 is 2.05 bits per heavy atom. The third-order valence-corrected chi connectivity index (χ3v) is 3.58. The van der Waals surface area contributed by atoms with Crippen molar-refractivity contribution in [1.82, 2.24) is 15.5 Å². The third-order valence-electron chi connectivity index (χ3n) is 3.58. The van der Waals surface area contributed by atoms with Crippen molar-refractivity contribution < 1.29 is 14.3 Å². The van der Waals surface area contributed by atoms with Crippen molar-refractivity contribution in [2.75, 3.05) is 20.2 Å². The molecule has 3 amide bonds. The summed E-state index contributed by atoms with van der Waals surface area (Å²) in [7, 11) is 1.61. The molecule has 0 spiro atoms. The highest BCUT2D eigenvalue weighted by Gasteiger charge is 2.23. The first kappa shape index (κ1) is 16.1. The number of hydrogen-bond acceptors (Lipinski definition) is 3. The van der Waals surface area contributed by atoms with Crippen LogP contribution in [0.15, 0.2) is 24.3 Å². The molecule has 0 radical (unpaired) electrons. The molecule has 120 valence electrons. The summed E-state index contributed by atoms with van der Waals surface area (Å²) < 4.78 is 5.30. The number of nitrogens with zero attached hydrogens (tertiary/aromatic N) is 1. The molecule has 0 atom stereocenters. The summed E-state index contributed by atoms with van der Waals surface area (Å²) >= 11 is 0. The van der Waals surface area contributed by atoms with Crippen molar-refractivity contribution in [2.24, 2.45) is 0 Å². The highest BCUT2D eigenvalue weighted by molar-refractivity contribution is 5.75. The van der Waals surface area contributed by atoms with Gasteiger partial charge in [-0.2, -0.15) is 0 Å². The van der Waals surface area contributed by atoms with Crippen LogP contribution in [-0.4, -0.2) is 43.1 Å². The Morgan fingerprint density at radius 3 is 2.68 bits per heavy atom. The molecule has 1 saturated carbocycles. The first-order valence-electron chi connectivity index (χ1n) is 7.52. The van der Waals surface area contributed by atoms with E-state index in [0.717, 1.165) is 24.2 Å². The molecule has 2 N–H and O–H groups in total. The van der Waals surface area contributed by atoms with E-state index >= 15 is 0 Å². The fraction of sp³-hybridized carbons (Fsp3) is 0.500. The standard InChI is InChI=1S/C16H23N3O3/c1-12(20)19(10-9-17-16(21)18-14-7-8-14)11-13-5-3-4-6-15(13)22-2/h3-6,14H,7-11H2,1-2H3,(H2,17,18,21). The minimum atomic E-state index is -0.164. The SMILES string of the molecule is COc1ccccc1CN(CCNC(=O)NC1CC1)C(C)=O. The first-order chi connectivity index (χ1) is 10.6. The van der Waals surface area contributed by atoms with Gasteiger partial charge in [0.25, 0.3) is 0 Å². The highest BCUT2D eigenvalue weighted by atomic mass is 16.5. The van der Waals surface area contributed by atoms with E-state index < -0.39 is 0 Å². The second-order valence-corrected chi connectivity index (χ2v) is 5.43. The van der Waals surface area contributed by atoms with Crippen molar-refractivity contribution in [2.45, 2.75) is 32.4 Å². The molecular weight excluding hydrogens is 282 g/mol. The van der Waals surface area contributed by atoms with E-state index in [1.54, 1.807) is 12.0 Å². The maximum absolute atomic E-state index is 11.8. The molecule has 2 rings (SSSR count). The molecule has 1 aromatic rings. The Bertz CT molecular complexity index is 529. The minimum absolute atomic E-state index is 0.0321. The van der Waals surface area contributed by atoms with Gasteiger partial charge in [-0.25, -0.2) is 4.79 Å². The van der Waals surface area contributed by atoms with Crippen LogP contribution in [0, 0.1) is 0 Å². The third kappa shape index (κ3) is 4.95. The molecule has 0 heterocycles. The van der Waals surface area contributed by atoms with E-state index in [1.807, 2.05) is 24.3 Å². The molecule has 22 heavy (non-hydrogen) atoms. The molecule has 0 aromatic heterocycles. The predicted molar refractivity (Wildman–Crippen MR) is 83.6 cm³/mol. The van der Waals surface area contributed by atoms with Crippen LogP contribution in [0.2, 0.25) is 0 Å². The average Bonchev–Trinajstić information content (AvgIpc) is 3.30. The van der Waals surface area contributed by atoms with Crippen LogP contribution in [0.25, 0.3) is 0 Å². The van der Waals surface area contributed by atoms with Crippen LogP contribution >= 0.6 is 0 Å². The zero-order valence-corrected chi connectivity index (χ0v) is 13.1. The lowest BCUT2D eigenvalue weighted by Crippen LogP contribution is -2.42. The molecule has 0 bridgehead atoms. The summed E-state index contributed by atoms with van der Waals surface area (Å²) in [5.41, 5.74) is 0.947. The molecule has 0 saturated heterocycles. The topological polar surface area (TPSA) is 70.7 Å². The second-order valence-electron chi connectivity index (χ2n) is 5.43. The number of urea groups is 1. The maximum Gasteiger partial charge on any atom is 0.315 e. The Morgan fingerprint density at radius 1 is 1.32 bits per heavy atom. The van der Waals surface area contributed by atoms with Gasteiger partial charge in [-0.1, -0.05) is 18.2 Å². The van der Waals surface area contributed by atoms with Gasteiger partial charge in [-0.15, -0.1) is 0 Å². The fourth-order valence-corrected chi connectivity index (χ4v) is 2.16.